The second kappa shape index (κ2) is 9.94. The summed E-state index contributed by atoms with van der Waals surface area (Å²) >= 11 is 5.97. The number of alkyl halides is 3. The molecule has 0 aliphatic carbocycles. The highest BCUT2D eigenvalue weighted by Crippen LogP contribution is 2.34. The largest absolute Gasteiger partial charge is 0.434 e. The highest BCUT2D eigenvalue weighted by atomic mass is 35.5. The monoisotopic (exact) mass is 450 g/mol. The van der Waals surface area contributed by atoms with Crippen molar-refractivity contribution in [1.29, 1.82) is 0 Å². The Morgan fingerprint density at radius 1 is 1.13 bits per heavy atom. The van der Waals surface area contributed by atoms with Gasteiger partial charge in [-0.2, -0.15) is 18.3 Å². The zero-order valence-corrected chi connectivity index (χ0v) is 17.1. The van der Waals surface area contributed by atoms with Gasteiger partial charge in [-0.05, 0) is 43.4 Å². The Labute approximate surface area is 181 Å². The molecule has 10 heteroatoms. The Balaban J connectivity index is 2.46. The number of carbonyl (C=O) groups is 2. The van der Waals surface area contributed by atoms with E-state index in [1.54, 1.807) is 13.0 Å². The van der Waals surface area contributed by atoms with Crippen LogP contribution < -0.4 is 10.6 Å². The van der Waals surface area contributed by atoms with E-state index in [9.17, 15) is 22.8 Å². The summed E-state index contributed by atoms with van der Waals surface area (Å²) in [5.41, 5.74) is -1.63. The van der Waals surface area contributed by atoms with Gasteiger partial charge in [0.2, 0.25) is 5.91 Å². The van der Waals surface area contributed by atoms with Crippen molar-refractivity contribution in [3.8, 4) is 0 Å². The molecule has 162 valence electrons. The topological polar surface area (TPSA) is 76.0 Å². The average Bonchev–Trinajstić information content (AvgIpc) is 3.13. The second-order valence-electron chi connectivity index (χ2n) is 6.01. The third-order valence-corrected chi connectivity index (χ3v) is 4.02. The van der Waals surface area contributed by atoms with Crippen LogP contribution in [0.2, 0.25) is 5.02 Å². The van der Waals surface area contributed by atoms with Crippen molar-refractivity contribution in [2.45, 2.75) is 13.1 Å². The zero-order valence-electron chi connectivity index (χ0n) is 16.3. The Morgan fingerprint density at radius 3 is 2.32 bits per heavy atom. The van der Waals surface area contributed by atoms with E-state index >= 15 is 0 Å². The molecule has 0 saturated heterocycles. The quantitative estimate of drug-likeness (QED) is 0.430. The van der Waals surface area contributed by atoms with Crippen LogP contribution in [-0.4, -0.2) is 21.6 Å². The molecule has 0 aliphatic heterocycles. The van der Waals surface area contributed by atoms with E-state index in [4.69, 9.17) is 11.6 Å². The number of hydrogen-bond acceptors (Lipinski definition) is 3. The summed E-state index contributed by atoms with van der Waals surface area (Å²) in [5, 5.41) is 8.67. The van der Waals surface area contributed by atoms with Crippen LogP contribution in [0.3, 0.4) is 0 Å². The van der Waals surface area contributed by atoms with E-state index in [1.165, 1.54) is 36.4 Å². The van der Waals surface area contributed by atoms with Gasteiger partial charge in [-0.25, -0.2) is 4.68 Å². The predicted octanol–water partition coefficient (Wildman–Crippen LogP) is 5.54. The van der Waals surface area contributed by atoms with Gasteiger partial charge in [0, 0.05) is 16.4 Å². The fraction of sp³-hybridized carbons (Fsp3) is 0.0952. The fourth-order valence-electron chi connectivity index (χ4n) is 2.53. The Bertz CT molecular complexity index is 1080. The number of halogens is 4. The minimum Gasteiger partial charge on any atom is -0.322 e. The van der Waals surface area contributed by atoms with Crippen LogP contribution in [0.1, 0.15) is 23.0 Å². The lowest BCUT2D eigenvalue weighted by Crippen LogP contribution is -2.21. The second-order valence-corrected chi connectivity index (χ2v) is 6.45. The van der Waals surface area contributed by atoms with Crippen molar-refractivity contribution in [2.24, 2.45) is 0 Å². The van der Waals surface area contributed by atoms with Gasteiger partial charge in [0.25, 0.3) is 5.91 Å². The molecule has 1 aromatic carbocycles. The number of allylic oxidation sites excluding steroid dienone is 5. The lowest BCUT2D eigenvalue weighted by molar-refractivity contribution is -0.142. The maximum Gasteiger partial charge on any atom is 0.434 e. The van der Waals surface area contributed by atoms with Crippen molar-refractivity contribution >= 4 is 40.5 Å². The molecular formula is C21H18ClF3N4O2. The first-order valence-corrected chi connectivity index (χ1v) is 9.14. The molecule has 2 aromatic rings. The molecule has 0 fully saturated rings. The highest BCUT2D eigenvalue weighted by Gasteiger charge is 2.40. The fourth-order valence-corrected chi connectivity index (χ4v) is 2.76. The summed E-state index contributed by atoms with van der Waals surface area (Å²) in [5.74, 6) is -1.58. The smallest absolute Gasteiger partial charge is 0.322 e. The lowest BCUT2D eigenvalue weighted by atomic mass is 10.2. The molecule has 2 rings (SSSR count). The number of amides is 2. The van der Waals surface area contributed by atoms with Crippen LogP contribution in [-0.2, 0) is 11.0 Å². The number of rotatable bonds is 7. The van der Waals surface area contributed by atoms with E-state index in [2.05, 4.69) is 28.9 Å². The summed E-state index contributed by atoms with van der Waals surface area (Å²) in [7, 11) is 0. The molecule has 0 saturated carbocycles. The summed E-state index contributed by atoms with van der Waals surface area (Å²) in [6.07, 6.45) is 2.67. The van der Waals surface area contributed by atoms with Crippen molar-refractivity contribution in [3.63, 3.8) is 0 Å². The average molecular weight is 451 g/mol. The van der Waals surface area contributed by atoms with Gasteiger partial charge in [0.1, 0.15) is 0 Å². The van der Waals surface area contributed by atoms with E-state index in [0.29, 0.717) is 4.68 Å². The number of aromatic nitrogens is 2. The number of benzene rings is 1. The van der Waals surface area contributed by atoms with Gasteiger partial charge in [-0.3, -0.25) is 9.59 Å². The molecule has 0 atom stereocenters. The first-order valence-electron chi connectivity index (χ1n) is 8.77. The number of nitrogens with one attached hydrogen (secondary N) is 2. The van der Waals surface area contributed by atoms with E-state index in [-0.39, 0.29) is 22.1 Å². The molecule has 6 nitrogen and oxygen atoms in total. The molecule has 0 radical (unpaired) electrons. The maximum atomic E-state index is 13.8. The predicted molar refractivity (Wildman–Crippen MR) is 115 cm³/mol. The summed E-state index contributed by atoms with van der Waals surface area (Å²) < 4.78 is 41.9. The number of hydrogen-bond donors (Lipinski definition) is 2. The Kier molecular flexibility index (Phi) is 7.60. The summed E-state index contributed by atoms with van der Waals surface area (Å²) in [6.45, 7) is 8.51. The molecule has 0 aliphatic rings. The van der Waals surface area contributed by atoms with Crippen molar-refractivity contribution in [3.05, 3.63) is 84.2 Å². The minimum atomic E-state index is -4.88. The molecule has 31 heavy (non-hydrogen) atoms. The molecule has 0 bridgehead atoms. The van der Waals surface area contributed by atoms with Crippen LogP contribution in [0.25, 0.3) is 5.70 Å². The lowest BCUT2D eigenvalue weighted by Gasteiger charge is -2.14. The summed E-state index contributed by atoms with van der Waals surface area (Å²) in [4.78, 5) is 24.1. The van der Waals surface area contributed by atoms with Gasteiger partial charge in [-0.1, -0.05) is 36.9 Å². The number of carbonyl (C=O) groups excluding carboxylic acids is 2. The van der Waals surface area contributed by atoms with Gasteiger partial charge >= 0.3 is 6.18 Å². The molecule has 0 unspecified atom stereocenters. The summed E-state index contributed by atoms with van der Waals surface area (Å²) in [6, 6.07) is 4.06. The van der Waals surface area contributed by atoms with Crippen LogP contribution in [0.5, 0.6) is 0 Å². The zero-order chi connectivity index (χ0) is 23.2. The van der Waals surface area contributed by atoms with Crippen LogP contribution in [0.4, 0.5) is 24.5 Å². The van der Waals surface area contributed by atoms with Gasteiger partial charge in [-0.15, -0.1) is 0 Å². The molecule has 0 spiro atoms. The molecular weight excluding hydrogens is 433 g/mol. The van der Waals surface area contributed by atoms with Crippen LogP contribution in [0.15, 0.2) is 67.9 Å². The standard InChI is InChI=1S/C21H18ClF3N4O2/c1-4-7-8-16(5-2)29-19(21(23,24)25)17(12-26-29)20(31)28-15-10-13(22)9-14(11-15)27-18(30)6-3/h4-12H,2-3H2,1H3,(H,27,30)(H,28,31)/b7-4-,16-8+. The SMILES string of the molecule is C=CC(=O)Nc1cc(Cl)cc(NC(=O)c2cnn(/C(C=C)=C/C=C\C)c2C(F)(F)F)c1. The molecule has 2 amide bonds. The van der Waals surface area contributed by atoms with Crippen LogP contribution in [0, 0.1) is 0 Å². The van der Waals surface area contributed by atoms with Crippen LogP contribution >= 0.6 is 11.6 Å². The number of anilines is 2. The Morgan fingerprint density at radius 2 is 1.77 bits per heavy atom. The first kappa shape index (κ1) is 23.7. The first-order chi connectivity index (χ1) is 14.6. The van der Waals surface area contributed by atoms with E-state index in [1.807, 2.05) is 0 Å². The minimum absolute atomic E-state index is 0.0293. The van der Waals surface area contributed by atoms with Crippen molar-refractivity contribution in [2.75, 3.05) is 10.6 Å². The third-order valence-electron chi connectivity index (χ3n) is 3.80. The van der Waals surface area contributed by atoms with Gasteiger partial charge < -0.3 is 10.6 Å². The van der Waals surface area contributed by atoms with E-state index in [0.717, 1.165) is 12.3 Å². The Hall–Kier alpha value is -3.59. The van der Waals surface area contributed by atoms with E-state index < -0.39 is 29.2 Å². The number of nitrogens with zero attached hydrogens (tertiary/aromatic N) is 2. The molecule has 1 heterocycles. The highest BCUT2D eigenvalue weighted by molar-refractivity contribution is 6.31. The maximum absolute atomic E-state index is 13.8. The third kappa shape index (κ3) is 5.95. The van der Waals surface area contributed by atoms with Crippen molar-refractivity contribution in [1.82, 2.24) is 9.78 Å². The molecule has 1 aromatic heterocycles. The molecule has 2 N–H and O–H groups in total. The van der Waals surface area contributed by atoms with Gasteiger partial charge in [0.05, 0.1) is 17.5 Å². The van der Waals surface area contributed by atoms with Gasteiger partial charge in [0.15, 0.2) is 5.69 Å². The normalized spacial score (nSPS) is 12.0. The van der Waals surface area contributed by atoms with Crippen molar-refractivity contribution < 1.29 is 22.8 Å².